The van der Waals surface area contributed by atoms with Crippen molar-refractivity contribution in [1.82, 2.24) is 9.97 Å². The van der Waals surface area contributed by atoms with Gasteiger partial charge in [-0.1, -0.05) is 26.0 Å². The summed E-state index contributed by atoms with van der Waals surface area (Å²) in [5.74, 6) is 0.636. The zero-order valence-electron chi connectivity index (χ0n) is 21.8. The summed E-state index contributed by atoms with van der Waals surface area (Å²) in [5.41, 5.74) is 3.98. The van der Waals surface area contributed by atoms with Crippen molar-refractivity contribution < 1.29 is 14.4 Å². The second-order valence-electron chi connectivity index (χ2n) is 9.71. The number of carbonyl (C=O) groups is 3. The number of aromatic nitrogens is 2. The van der Waals surface area contributed by atoms with Gasteiger partial charge in [0, 0.05) is 61.7 Å². The van der Waals surface area contributed by atoms with E-state index >= 15 is 0 Å². The molecule has 4 rings (SSSR count). The van der Waals surface area contributed by atoms with Gasteiger partial charge in [0.1, 0.15) is 18.0 Å². The Labute approximate surface area is 216 Å². The molecule has 1 aliphatic rings. The van der Waals surface area contributed by atoms with E-state index in [1.165, 1.54) is 11.2 Å². The number of hydrogen-bond acceptors (Lipinski definition) is 6. The molecule has 10 heteroatoms. The highest BCUT2D eigenvalue weighted by Crippen LogP contribution is 2.41. The molecule has 2 aromatic carbocycles. The number of hydrogen-bond donors (Lipinski definition) is 3. The van der Waals surface area contributed by atoms with E-state index in [2.05, 4.69) is 39.8 Å². The van der Waals surface area contributed by atoms with Crippen molar-refractivity contribution in [3.63, 3.8) is 0 Å². The first-order valence-corrected chi connectivity index (χ1v) is 11.9. The van der Waals surface area contributed by atoms with Crippen LogP contribution in [0.3, 0.4) is 0 Å². The van der Waals surface area contributed by atoms with E-state index in [1.54, 1.807) is 50.2 Å². The maximum absolute atomic E-state index is 13.1. The van der Waals surface area contributed by atoms with Crippen LogP contribution in [0.2, 0.25) is 0 Å². The summed E-state index contributed by atoms with van der Waals surface area (Å²) in [5, 5.41) is 8.67. The number of aryl methyl sites for hydroxylation is 1. The SMILES string of the molecule is CNc1cc(N(C)C(=O)Nc2cc(C(=O)Nc3ccc4c(c3)N(C(C)=O)CC4(C)C)ccc2C)ncn1. The number of carbonyl (C=O) groups excluding carboxylic acids is 3. The van der Waals surface area contributed by atoms with Crippen LogP contribution in [0.5, 0.6) is 0 Å². The minimum Gasteiger partial charge on any atom is -0.373 e. The van der Waals surface area contributed by atoms with Crippen LogP contribution in [0.15, 0.2) is 48.8 Å². The van der Waals surface area contributed by atoms with Crippen molar-refractivity contribution in [2.45, 2.75) is 33.1 Å². The number of benzene rings is 2. The zero-order valence-corrected chi connectivity index (χ0v) is 21.8. The largest absolute Gasteiger partial charge is 0.373 e. The lowest BCUT2D eigenvalue weighted by atomic mass is 9.87. The molecule has 1 aliphatic heterocycles. The van der Waals surface area contributed by atoms with E-state index in [0.29, 0.717) is 35.1 Å². The molecular weight excluding hydrogens is 470 g/mol. The first-order chi connectivity index (χ1) is 17.5. The van der Waals surface area contributed by atoms with Gasteiger partial charge in [0.15, 0.2) is 0 Å². The summed E-state index contributed by atoms with van der Waals surface area (Å²) in [7, 11) is 3.33. The highest BCUT2D eigenvalue weighted by atomic mass is 16.2. The van der Waals surface area contributed by atoms with Gasteiger partial charge in [-0.15, -0.1) is 0 Å². The molecule has 0 unspecified atom stereocenters. The zero-order chi connectivity index (χ0) is 26.9. The molecule has 1 aromatic heterocycles. The van der Waals surface area contributed by atoms with Crippen molar-refractivity contribution in [2.24, 2.45) is 0 Å². The molecular formula is C27H31N7O3. The summed E-state index contributed by atoms with van der Waals surface area (Å²) in [4.78, 5) is 49.4. The number of nitrogens with zero attached hydrogens (tertiary/aromatic N) is 4. The van der Waals surface area contributed by atoms with E-state index in [9.17, 15) is 14.4 Å². The van der Waals surface area contributed by atoms with Crippen LogP contribution in [0.4, 0.5) is 33.5 Å². The van der Waals surface area contributed by atoms with Crippen molar-refractivity contribution in [3.8, 4) is 0 Å². The minimum absolute atomic E-state index is 0.0386. The van der Waals surface area contributed by atoms with Crippen LogP contribution >= 0.6 is 0 Å². The Morgan fingerprint density at radius 1 is 1.03 bits per heavy atom. The van der Waals surface area contributed by atoms with Crippen molar-refractivity contribution >= 4 is 46.5 Å². The molecule has 37 heavy (non-hydrogen) atoms. The Kier molecular flexibility index (Phi) is 6.84. The van der Waals surface area contributed by atoms with Crippen molar-refractivity contribution in [3.05, 3.63) is 65.5 Å². The van der Waals surface area contributed by atoms with Gasteiger partial charge in [0.25, 0.3) is 5.91 Å². The van der Waals surface area contributed by atoms with Gasteiger partial charge in [-0.2, -0.15) is 0 Å². The maximum atomic E-state index is 13.1. The molecule has 0 aliphatic carbocycles. The fraction of sp³-hybridized carbons (Fsp3) is 0.296. The van der Waals surface area contributed by atoms with Gasteiger partial charge >= 0.3 is 6.03 Å². The molecule has 0 bridgehead atoms. The molecule has 2 heterocycles. The van der Waals surface area contributed by atoms with E-state index in [-0.39, 0.29) is 17.2 Å². The maximum Gasteiger partial charge on any atom is 0.327 e. The molecule has 0 atom stereocenters. The smallest absolute Gasteiger partial charge is 0.327 e. The molecule has 10 nitrogen and oxygen atoms in total. The van der Waals surface area contributed by atoms with Crippen LogP contribution in [0, 0.1) is 6.92 Å². The van der Waals surface area contributed by atoms with Gasteiger partial charge in [-0.25, -0.2) is 14.8 Å². The summed E-state index contributed by atoms with van der Waals surface area (Å²) < 4.78 is 0. The molecule has 0 fully saturated rings. The number of fused-ring (bicyclic) bond motifs is 1. The Morgan fingerprint density at radius 2 is 1.78 bits per heavy atom. The number of urea groups is 1. The fourth-order valence-electron chi connectivity index (χ4n) is 4.32. The molecule has 0 spiro atoms. The predicted molar refractivity (Wildman–Crippen MR) is 146 cm³/mol. The summed E-state index contributed by atoms with van der Waals surface area (Å²) in [6.45, 7) is 8.17. The molecule has 4 amide bonds. The van der Waals surface area contributed by atoms with Crippen LogP contribution in [-0.4, -0.2) is 48.5 Å². The summed E-state index contributed by atoms with van der Waals surface area (Å²) in [6, 6.07) is 12.0. The average molecular weight is 502 g/mol. The van der Waals surface area contributed by atoms with Crippen LogP contribution < -0.4 is 25.8 Å². The van der Waals surface area contributed by atoms with Crippen LogP contribution in [0.25, 0.3) is 0 Å². The quantitative estimate of drug-likeness (QED) is 0.477. The van der Waals surface area contributed by atoms with Gasteiger partial charge in [-0.05, 0) is 42.3 Å². The number of rotatable bonds is 5. The topological polar surface area (TPSA) is 120 Å². The fourth-order valence-corrected chi connectivity index (χ4v) is 4.32. The third kappa shape index (κ3) is 5.23. The Morgan fingerprint density at radius 3 is 2.49 bits per heavy atom. The van der Waals surface area contributed by atoms with Gasteiger partial charge < -0.3 is 20.9 Å². The summed E-state index contributed by atoms with van der Waals surface area (Å²) >= 11 is 0. The standard InChI is InChI=1S/C27H31N7O3/c1-16-7-8-18(11-21(16)32-26(37)33(6)24-13-23(28-5)29-15-30-24)25(36)31-19-9-10-20-22(12-19)34(17(2)35)14-27(20,3)4/h7-13,15H,14H2,1-6H3,(H,31,36)(H,32,37)(H,28,29,30). The normalized spacial score (nSPS) is 13.5. The Bertz CT molecular complexity index is 1390. The van der Waals surface area contributed by atoms with Crippen LogP contribution in [0.1, 0.15) is 42.3 Å². The van der Waals surface area contributed by atoms with Crippen LogP contribution in [-0.2, 0) is 10.2 Å². The van der Waals surface area contributed by atoms with Gasteiger partial charge in [-0.3, -0.25) is 14.5 Å². The lowest BCUT2D eigenvalue weighted by molar-refractivity contribution is -0.116. The van der Waals surface area contributed by atoms with E-state index in [4.69, 9.17) is 0 Å². The molecule has 0 saturated heterocycles. The number of amides is 4. The third-order valence-corrected chi connectivity index (χ3v) is 6.51. The highest BCUT2D eigenvalue weighted by molar-refractivity contribution is 6.07. The van der Waals surface area contributed by atoms with E-state index in [1.807, 2.05) is 25.1 Å². The lowest BCUT2D eigenvalue weighted by Gasteiger charge is -2.19. The van der Waals surface area contributed by atoms with E-state index in [0.717, 1.165) is 16.8 Å². The average Bonchev–Trinajstić information content (AvgIpc) is 3.15. The van der Waals surface area contributed by atoms with Gasteiger partial charge in [0.05, 0.1) is 0 Å². The van der Waals surface area contributed by atoms with Crippen molar-refractivity contribution in [2.75, 3.05) is 46.4 Å². The summed E-state index contributed by atoms with van der Waals surface area (Å²) in [6.07, 6.45) is 1.37. The Balaban J connectivity index is 1.52. The van der Waals surface area contributed by atoms with E-state index < -0.39 is 6.03 Å². The van der Waals surface area contributed by atoms with Crippen molar-refractivity contribution in [1.29, 1.82) is 0 Å². The molecule has 0 saturated carbocycles. The molecule has 192 valence electrons. The monoisotopic (exact) mass is 501 g/mol. The number of nitrogens with one attached hydrogen (secondary N) is 3. The first kappa shape index (κ1) is 25.6. The van der Waals surface area contributed by atoms with Gasteiger partial charge in [0.2, 0.25) is 5.91 Å². The predicted octanol–water partition coefficient (Wildman–Crippen LogP) is 4.39. The second kappa shape index (κ2) is 9.88. The first-order valence-electron chi connectivity index (χ1n) is 11.9. The lowest BCUT2D eigenvalue weighted by Crippen LogP contribution is -2.32. The molecule has 3 N–H and O–H groups in total. The number of anilines is 5. The molecule has 0 radical (unpaired) electrons. The second-order valence-corrected chi connectivity index (χ2v) is 9.71. The minimum atomic E-state index is -0.410. The highest BCUT2D eigenvalue weighted by Gasteiger charge is 2.37. The Hall–Kier alpha value is -4.47. The molecule has 3 aromatic rings. The third-order valence-electron chi connectivity index (χ3n) is 6.51.